The molecule has 1 aliphatic rings. The Balaban J connectivity index is 1.56. The number of carbonyl (C=O) groups excluding carboxylic acids is 1. The highest BCUT2D eigenvalue weighted by Gasteiger charge is 2.20. The standard InChI is InChI=1S/C16H22N4O3/c1-12(15-6-4-8-23-15)19(2)16(21)18-13-9-17-20(10-13)11-14-5-3-7-22-14/h4,6,8-10,12,14H,3,5,7,11H2,1-2H3,(H,18,21). The molecule has 124 valence electrons. The van der Waals surface area contributed by atoms with E-state index in [1.54, 1.807) is 24.4 Å². The molecule has 0 aromatic carbocycles. The minimum Gasteiger partial charge on any atom is -0.467 e. The van der Waals surface area contributed by atoms with Crippen molar-refractivity contribution >= 4 is 11.7 Å². The van der Waals surface area contributed by atoms with Gasteiger partial charge in [-0.1, -0.05) is 0 Å². The summed E-state index contributed by atoms with van der Waals surface area (Å²) < 4.78 is 12.7. The van der Waals surface area contributed by atoms with Crippen molar-refractivity contribution in [3.63, 3.8) is 0 Å². The van der Waals surface area contributed by atoms with E-state index in [-0.39, 0.29) is 18.2 Å². The molecule has 2 unspecified atom stereocenters. The van der Waals surface area contributed by atoms with E-state index in [0.29, 0.717) is 12.2 Å². The number of ether oxygens (including phenoxy) is 1. The number of aromatic nitrogens is 2. The lowest BCUT2D eigenvalue weighted by molar-refractivity contribution is 0.0940. The fourth-order valence-electron chi connectivity index (χ4n) is 2.63. The molecule has 2 atom stereocenters. The second-order valence-electron chi connectivity index (χ2n) is 5.82. The summed E-state index contributed by atoms with van der Waals surface area (Å²) in [7, 11) is 1.74. The fraction of sp³-hybridized carbons (Fsp3) is 0.500. The summed E-state index contributed by atoms with van der Waals surface area (Å²) in [6.07, 6.45) is 7.46. The molecule has 0 bridgehead atoms. The first-order valence-corrected chi connectivity index (χ1v) is 7.85. The van der Waals surface area contributed by atoms with Gasteiger partial charge >= 0.3 is 6.03 Å². The molecule has 0 aliphatic carbocycles. The summed E-state index contributed by atoms with van der Waals surface area (Å²) >= 11 is 0. The first kappa shape index (κ1) is 15.6. The van der Waals surface area contributed by atoms with Crippen LogP contribution in [0.25, 0.3) is 0 Å². The Morgan fingerprint density at radius 1 is 1.61 bits per heavy atom. The van der Waals surface area contributed by atoms with Crippen LogP contribution >= 0.6 is 0 Å². The van der Waals surface area contributed by atoms with E-state index in [2.05, 4.69) is 10.4 Å². The van der Waals surface area contributed by atoms with E-state index in [0.717, 1.165) is 25.2 Å². The van der Waals surface area contributed by atoms with Gasteiger partial charge in [-0.2, -0.15) is 5.10 Å². The number of hydrogen-bond acceptors (Lipinski definition) is 4. The maximum Gasteiger partial charge on any atom is 0.322 e. The molecule has 3 heterocycles. The van der Waals surface area contributed by atoms with Crippen molar-refractivity contribution in [3.8, 4) is 0 Å². The third-order valence-corrected chi connectivity index (χ3v) is 4.16. The van der Waals surface area contributed by atoms with Crippen molar-refractivity contribution in [1.82, 2.24) is 14.7 Å². The van der Waals surface area contributed by atoms with E-state index in [1.807, 2.05) is 29.9 Å². The summed E-state index contributed by atoms with van der Waals surface area (Å²) in [5.41, 5.74) is 0.673. The van der Waals surface area contributed by atoms with Crippen LogP contribution in [-0.2, 0) is 11.3 Å². The first-order chi connectivity index (χ1) is 11.1. The minimum absolute atomic E-state index is 0.146. The maximum atomic E-state index is 12.3. The van der Waals surface area contributed by atoms with Gasteiger partial charge in [0.2, 0.25) is 0 Å². The first-order valence-electron chi connectivity index (χ1n) is 7.85. The highest BCUT2D eigenvalue weighted by atomic mass is 16.5. The summed E-state index contributed by atoms with van der Waals surface area (Å²) in [6.45, 7) is 3.46. The van der Waals surface area contributed by atoms with Gasteiger partial charge in [-0.3, -0.25) is 4.68 Å². The van der Waals surface area contributed by atoms with E-state index in [1.165, 1.54) is 0 Å². The van der Waals surface area contributed by atoms with Gasteiger partial charge in [-0.05, 0) is 31.9 Å². The predicted molar refractivity (Wildman–Crippen MR) is 85.1 cm³/mol. The molecule has 7 heteroatoms. The van der Waals surface area contributed by atoms with Crippen LogP contribution in [0.1, 0.15) is 31.6 Å². The smallest absolute Gasteiger partial charge is 0.322 e. The lowest BCUT2D eigenvalue weighted by Gasteiger charge is -2.23. The Morgan fingerprint density at radius 2 is 2.48 bits per heavy atom. The molecule has 0 radical (unpaired) electrons. The maximum absolute atomic E-state index is 12.3. The zero-order valence-corrected chi connectivity index (χ0v) is 13.4. The predicted octanol–water partition coefficient (Wildman–Crippen LogP) is 2.88. The third kappa shape index (κ3) is 3.73. The van der Waals surface area contributed by atoms with Crippen molar-refractivity contribution in [3.05, 3.63) is 36.5 Å². The zero-order valence-electron chi connectivity index (χ0n) is 13.4. The number of anilines is 1. The molecule has 7 nitrogen and oxygen atoms in total. The topological polar surface area (TPSA) is 72.5 Å². The van der Waals surface area contributed by atoms with Crippen LogP contribution in [0.2, 0.25) is 0 Å². The Labute approximate surface area is 135 Å². The SMILES string of the molecule is CC(c1ccco1)N(C)C(=O)Nc1cnn(CC2CCCO2)c1. The van der Waals surface area contributed by atoms with Crippen LogP contribution < -0.4 is 5.32 Å². The number of urea groups is 1. The summed E-state index contributed by atoms with van der Waals surface area (Å²) in [4.78, 5) is 13.9. The van der Waals surface area contributed by atoms with Crippen molar-refractivity contribution in [1.29, 1.82) is 0 Å². The van der Waals surface area contributed by atoms with Crippen molar-refractivity contribution in [2.45, 2.75) is 38.5 Å². The number of hydrogen-bond donors (Lipinski definition) is 1. The van der Waals surface area contributed by atoms with Crippen molar-refractivity contribution < 1.29 is 13.9 Å². The molecule has 0 spiro atoms. The van der Waals surface area contributed by atoms with Gasteiger partial charge in [0.1, 0.15) is 5.76 Å². The van der Waals surface area contributed by atoms with E-state index < -0.39 is 0 Å². The summed E-state index contributed by atoms with van der Waals surface area (Å²) in [5, 5.41) is 7.12. The van der Waals surface area contributed by atoms with E-state index in [4.69, 9.17) is 9.15 Å². The lowest BCUT2D eigenvalue weighted by Crippen LogP contribution is -2.33. The van der Waals surface area contributed by atoms with Crippen LogP contribution in [0.3, 0.4) is 0 Å². The average Bonchev–Trinajstić information content (AvgIpc) is 3.28. The van der Waals surface area contributed by atoms with Crippen LogP contribution in [0.5, 0.6) is 0 Å². The molecule has 1 aliphatic heterocycles. The van der Waals surface area contributed by atoms with Gasteiger partial charge in [0.25, 0.3) is 0 Å². The number of furan rings is 1. The molecule has 3 rings (SSSR count). The fourth-order valence-corrected chi connectivity index (χ4v) is 2.63. The van der Waals surface area contributed by atoms with Crippen molar-refractivity contribution in [2.24, 2.45) is 0 Å². The molecule has 2 aromatic heterocycles. The van der Waals surface area contributed by atoms with Gasteiger partial charge < -0.3 is 19.4 Å². The van der Waals surface area contributed by atoms with E-state index >= 15 is 0 Å². The number of carbonyl (C=O) groups is 1. The van der Waals surface area contributed by atoms with Crippen LogP contribution in [0.4, 0.5) is 10.5 Å². The lowest BCUT2D eigenvalue weighted by atomic mass is 10.2. The Bertz CT molecular complexity index is 632. The Hall–Kier alpha value is -2.28. The molecule has 1 saturated heterocycles. The Morgan fingerprint density at radius 3 is 3.17 bits per heavy atom. The second kappa shape index (κ2) is 6.87. The average molecular weight is 318 g/mol. The highest BCUT2D eigenvalue weighted by Crippen LogP contribution is 2.20. The third-order valence-electron chi connectivity index (χ3n) is 4.16. The second-order valence-corrected chi connectivity index (χ2v) is 5.82. The van der Waals surface area contributed by atoms with Gasteiger partial charge in [-0.25, -0.2) is 4.79 Å². The molecule has 23 heavy (non-hydrogen) atoms. The van der Waals surface area contributed by atoms with Gasteiger partial charge in [0.15, 0.2) is 0 Å². The number of nitrogens with zero attached hydrogens (tertiary/aromatic N) is 3. The Kier molecular flexibility index (Phi) is 4.66. The molecule has 0 saturated carbocycles. The van der Waals surface area contributed by atoms with Gasteiger partial charge in [-0.15, -0.1) is 0 Å². The van der Waals surface area contributed by atoms with Crippen LogP contribution in [0.15, 0.2) is 35.2 Å². The van der Waals surface area contributed by atoms with Crippen LogP contribution in [0, 0.1) is 0 Å². The molecule has 1 N–H and O–H groups in total. The summed E-state index contributed by atoms with van der Waals surface area (Å²) in [5.74, 6) is 0.747. The molecular formula is C16H22N4O3. The largest absolute Gasteiger partial charge is 0.467 e. The van der Waals surface area contributed by atoms with Crippen LogP contribution in [-0.4, -0.2) is 40.5 Å². The van der Waals surface area contributed by atoms with Gasteiger partial charge in [0, 0.05) is 19.9 Å². The summed E-state index contributed by atoms with van der Waals surface area (Å²) in [6, 6.07) is 3.32. The van der Waals surface area contributed by atoms with Crippen molar-refractivity contribution in [2.75, 3.05) is 19.0 Å². The zero-order chi connectivity index (χ0) is 16.2. The number of rotatable bonds is 5. The highest BCUT2D eigenvalue weighted by molar-refractivity contribution is 5.89. The van der Waals surface area contributed by atoms with E-state index in [9.17, 15) is 4.79 Å². The molecular weight excluding hydrogens is 296 g/mol. The molecule has 2 amide bonds. The number of nitrogens with one attached hydrogen (secondary N) is 1. The van der Waals surface area contributed by atoms with Gasteiger partial charge in [0.05, 0.1) is 36.8 Å². The minimum atomic E-state index is -0.203. The quantitative estimate of drug-likeness (QED) is 0.920. The normalized spacial score (nSPS) is 18.8. The molecule has 2 aromatic rings. The monoisotopic (exact) mass is 318 g/mol. The molecule has 1 fully saturated rings. The number of amides is 2.